The average Bonchev–Trinajstić information content (AvgIpc) is 2.50. The lowest BCUT2D eigenvalue weighted by Gasteiger charge is -2.19. The van der Waals surface area contributed by atoms with Gasteiger partial charge in [0.1, 0.15) is 19.3 Å². The van der Waals surface area contributed by atoms with Gasteiger partial charge in [-0.2, -0.15) is 0 Å². The highest BCUT2D eigenvalue weighted by atomic mass is 16.6. The molecule has 1 amide bonds. The zero-order chi connectivity index (χ0) is 15.2. The van der Waals surface area contributed by atoms with Crippen LogP contribution in [0.2, 0.25) is 0 Å². The molecule has 114 valence electrons. The van der Waals surface area contributed by atoms with Crippen LogP contribution in [0.1, 0.15) is 36.5 Å². The molecule has 0 aliphatic carbocycles. The Balaban J connectivity index is 2.06. The van der Waals surface area contributed by atoms with Gasteiger partial charge in [0.2, 0.25) is 0 Å². The molecule has 6 nitrogen and oxygen atoms in total. The zero-order valence-corrected chi connectivity index (χ0v) is 11.9. The maximum atomic E-state index is 12.1. The molecule has 1 unspecified atom stereocenters. The van der Waals surface area contributed by atoms with Crippen molar-refractivity contribution in [2.24, 2.45) is 0 Å². The van der Waals surface area contributed by atoms with Gasteiger partial charge in [0.15, 0.2) is 11.5 Å². The van der Waals surface area contributed by atoms with Crippen LogP contribution in [-0.2, 0) is 4.79 Å². The number of fused-ring (bicyclic) bond motifs is 1. The number of carbonyl (C=O) groups is 2. The van der Waals surface area contributed by atoms with Gasteiger partial charge in [0.25, 0.3) is 5.91 Å². The van der Waals surface area contributed by atoms with Crippen molar-refractivity contribution in [1.82, 2.24) is 5.32 Å². The Morgan fingerprint density at radius 1 is 1.29 bits per heavy atom. The summed E-state index contributed by atoms with van der Waals surface area (Å²) < 4.78 is 10.8. The predicted molar refractivity (Wildman–Crippen MR) is 75.8 cm³/mol. The van der Waals surface area contributed by atoms with Crippen LogP contribution in [0.3, 0.4) is 0 Å². The molecule has 1 atom stereocenters. The van der Waals surface area contributed by atoms with Gasteiger partial charge in [-0.05, 0) is 24.6 Å². The number of hydrogen-bond acceptors (Lipinski definition) is 4. The van der Waals surface area contributed by atoms with Gasteiger partial charge in [0.05, 0.1) is 0 Å². The predicted octanol–water partition coefficient (Wildman–Crippen LogP) is 1.83. The van der Waals surface area contributed by atoms with Gasteiger partial charge in [0, 0.05) is 5.56 Å². The first-order chi connectivity index (χ1) is 10.1. The van der Waals surface area contributed by atoms with Crippen LogP contribution in [0.4, 0.5) is 0 Å². The van der Waals surface area contributed by atoms with E-state index in [4.69, 9.17) is 14.6 Å². The van der Waals surface area contributed by atoms with E-state index in [0.29, 0.717) is 36.7 Å². The molecule has 1 aromatic rings. The number of hydrogen-bond donors (Lipinski definition) is 2. The number of carboxylic acid groups (broad SMARTS) is 1. The van der Waals surface area contributed by atoms with E-state index in [-0.39, 0.29) is 0 Å². The standard InChI is InChI=1S/C15H19NO5/c1-2-3-4-11(15(18)19)16-14(17)10-5-6-12-13(9-10)21-8-7-20-12/h5-6,9,11H,2-4,7-8H2,1H3,(H,16,17)(H,18,19). The fourth-order valence-corrected chi connectivity index (χ4v) is 2.09. The van der Waals surface area contributed by atoms with Crippen LogP contribution in [0, 0.1) is 0 Å². The summed E-state index contributed by atoms with van der Waals surface area (Å²) in [4.78, 5) is 23.3. The van der Waals surface area contributed by atoms with Crippen LogP contribution in [0.25, 0.3) is 0 Å². The molecule has 0 bridgehead atoms. The van der Waals surface area contributed by atoms with E-state index in [9.17, 15) is 9.59 Å². The highest BCUT2D eigenvalue weighted by Crippen LogP contribution is 2.30. The lowest BCUT2D eigenvalue weighted by atomic mass is 10.1. The van der Waals surface area contributed by atoms with Crippen molar-refractivity contribution in [2.75, 3.05) is 13.2 Å². The molecule has 1 aliphatic rings. The quantitative estimate of drug-likeness (QED) is 0.836. The lowest BCUT2D eigenvalue weighted by molar-refractivity contribution is -0.139. The van der Waals surface area contributed by atoms with Crippen molar-refractivity contribution >= 4 is 11.9 Å². The van der Waals surface area contributed by atoms with Crippen LogP contribution in [0.15, 0.2) is 18.2 Å². The van der Waals surface area contributed by atoms with Crippen molar-refractivity contribution in [3.05, 3.63) is 23.8 Å². The van der Waals surface area contributed by atoms with Gasteiger partial charge in [-0.15, -0.1) is 0 Å². The second kappa shape index (κ2) is 6.97. The van der Waals surface area contributed by atoms with Crippen molar-refractivity contribution < 1.29 is 24.2 Å². The van der Waals surface area contributed by atoms with Crippen LogP contribution < -0.4 is 14.8 Å². The molecule has 0 saturated carbocycles. The minimum absolute atomic E-state index is 0.363. The molecule has 0 aromatic heterocycles. The van der Waals surface area contributed by atoms with Gasteiger partial charge >= 0.3 is 5.97 Å². The van der Waals surface area contributed by atoms with Gasteiger partial charge in [-0.1, -0.05) is 19.8 Å². The van der Waals surface area contributed by atoms with Crippen molar-refractivity contribution in [2.45, 2.75) is 32.2 Å². The molecule has 0 spiro atoms. The number of benzene rings is 1. The first-order valence-electron chi connectivity index (χ1n) is 7.05. The molecule has 1 aliphatic heterocycles. The fourth-order valence-electron chi connectivity index (χ4n) is 2.09. The third-order valence-corrected chi connectivity index (χ3v) is 3.25. The van der Waals surface area contributed by atoms with E-state index < -0.39 is 17.9 Å². The van der Waals surface area contributed by atoms with Crippen LogP contribution >= 0.6 is 0 Å². The number of carbonyl (C=O) groups excluding carboxylic acids is 1. The summed E-state index contributed by atoms with van der Waals surface area (Å²) in [5.74, 6) is -0.335. The van der Waals surface area contributed by atoms with E-state index in [1.54, 1.807) is 18.2 Å². The monoisotopic (exact) mass is 293 g/mol. The Hall–Kier alpha value is -2.24. The number of unbranched alkanes of at least 4 members (excludes halogenated alkanes) is 1. The summed E-state index contributed by atoms with van der Waals surface area (Å²) in [5, 5.41) is 11.7. The molecular weight excluding hydrogens is 274 g/mol. The molecule has 2 rings (SSSR count). The van der Waals surface area contributed by atoms with Crippen LogP contribution in [0.5, 0.6) is 11.5 Å². The Kier molecular flexibility index (Phi) is 5.03. The normalized spacial score (nSPS) is 14.3. The van der Waals surface area contributed by atoms with E-state index in [0.717, 1.165) is 12.8 Å². The van der Waals surface area contributed by atoms with E-state index in [1.807, 2.05) is 6.92 Å². The SMILES string of the molecule is CCCCC(NC(=O)c1ccc2c(c1)OCCO2)C(=O)O. The highest BCUT2D eigenvalue weighted by molar-refractivity contribution is 5.97. The second-order valence-corrected chi connectivity index (χ2v) is 4.86. The fraction of sp³-hybridized carbons (Fsp3) is 0.467. The number of carboxylic acids is 1. The van der Waals surface area contributed by atoms with Gasteiger partial charge < -0.3 is 19.9 Å². The molecule has 1 aromatic carbocycles. The maximum Gasteiger partial charge on any atom is 0.326 e. The first kappa shape index (κ1) is 15.2. The zero-order valence-electron chi connectivity index (χ0n) is 11.9. The average molecular weight is 293 g/mol. The molecule has 0 radical (unpaired) electrons. The summed E-state index contributed by atoms with van der Waals surface area (Å²) in [6.07, 6.45) is 2.05. The minimum atomic E-state index is -1.02. The van der Waals surface area contributed by atoms with E-state index >= 15 is 0 Å². The highest BCUT2D eigenvalue weighted by Gasteiger charge is 2.21. The van der Waals surface area contributed by atoms with Crippen molar-refractivity contribution in [3.63, 3.8) is 0 Å². The largest absolute Gasteiger partial charge is 0.486 e. The molecule has 2 N–H and O–H groups in total. The Morgan fingerprint density at radius 3 is 2.67 bits per heavy atom. The molecule has 1 heterocycles. The van der Waals surface area contributed by atoms with Crippen molar-refractivity contribution in [1.29, 1.82) is 0 Å². The summed E-state index contributed by atoms with van der Waals surface area (Å²) in [6.45, 7) is 2.89. The topological polar surface area (TPSA) is 84.9 Å². The van der Waals surface area contributed by atoms with Crippen molar-refractivity contribution in [3.8, 4) is 11.5 Å². The summed E-state index contributed by atoms with van der Waals surface area (Å²) in [7, 11) is 0. The smallest absolute Gasteiger partial charge is 0.326 e. The van der Waals surface area contributed by atoms with Crippen LogP contribution in [-0.4, -0.2) is 36.2 Å². The number of amides is 1. The second-order valence-electron chi connectivity index (χ2n) is 4.86. The number of ether oxygens (including phenoxy) is 2. The molecule has 0 fully saturated rings. The van der Waals surface area contributed by atoms with E-state index in [1.165, 1.54) is 0 Å². The number of nitrogens with one attached hydrogen (secondary N) is 1. The van der Waals surface area contributed by atoms with Gasteiger partial charge in [-0.25, -0.2) is 4.79 Å². The van der Waals surface area contributed by atoms with E-state index in [2.05, 4.69) is 5.32 Å². The summed E-state index contributed by atoms with van der Waals surface area (Å²) in [6, 6.07) is 3.96. The third-order valence-electron chi connectivity index (χ3n) is 3.25. The lowest BCUT2D eigenvalue weighted by Crippen LogP contribution is -2.40. The van der Waals surface area contributed by atoms with Gasteiger partial charge in [-0.3, -0.25) is 4.79 Å². The molecule has 0 saturated heterocycles. The Labute approximate surface area is 123 Å². The third kappa shape index (κ3) is 3.87. The minimum Gasteiger partial charge on any atom is -0.486 e. The Morgan fingerprint density at radius 2 is 2.00 bits per heavy atom. The Bertz CT molecular complexity index is 529. The summed E-state index contributed by atoms with van der Waals surface area (Å²) in [5.41, 5.74) is 0.363. The molecule has 6 heteroatoms. The summed E-state index contributed by atoms with van der Waals surface area (Å²) >= 11 is 0. The number of rotatable bonds is 6. The first-order valence-corrected chi connectivity index (χ1v) is 7.05. The molecule has 21 heavy (non-hydrogen) atoms. The number of aliphatic carboxylic acids is 1. The maximum absolute atomic E-state index is 12.1. The molecular formula is C15H19NO5.